The fourth-order valence-corrected chi connectivity index (χ4v) is 3.94. The van der Waals surface area contributed by atoms with Gasteiger partial charge in [0.1, 0.15) is 6.61 Å². The average molecular weight is 413 g/mol. The highest BCUT2D eigenvalue weighted by Gasteiger charge is 2.38. The smallest absolute Gasteiger partial charge is 0.434 e. The predicted molar refractivity (Wildman–Crippen MR) is 109 cm³/mol. The summed E-state index contributed by atoms with van der Waals surface area (Å²) < 4.78 is 17.0. The number of benzene rings is 2. The van der Waals surface area contributed by atoms with Gasteiger partial charge < -0.3 is 19.3 Å². The number of nitrogens with zero attached hydrogens (tertiary/aromatic N) is 1. The van der Waals surface area contributed by atoms with Crippen molar-refractivity contribution in [2.75, 3.05) is 7.11 Å². The lowest BCUT2D eigenvalue weighted by Gasteiger charge is -2.23. The SMILES string of the molecule is COc1ccc([C@@H]2C[C@@H](O)ON2C(=O)OCc2ccccc2)cc1OC1CCCC1. The number of hydrogen-bond donors (Lipinski definition) is 1. The van der Waals surface area contributed by atoms with Gasteiger partial charge in [-0.15, -0.1) is 0 Å². The fraction of sp³-hybridized carbons (Fsp3) is 0.435. The summed E-state index contributed by atoms with van der Waals surface area (Å²) in [6.45, 7) is 0.126. The van der Waals surface area contributed by atoms with Crippen LogP contribution in [0.2, 0.25) is 0 Å². The van der Waals surface area contributed by atoms with Crippen LogP contribution in [0.5, 0.6) is 11.5 Å². The third kappa shape index (κ3) is 4.68. The van der Waals surface area contributed by atoms with Crippen molar-refractivity contribution in [3.63, 3.8) is 0 Å². The van der Waals surface area contributed by atoms with Gasteiger partial charge in [-0.25, -0.2) is 9.63 Å². The predicted octanol–water partition coefficient (Wildman–Crippen LogP) is 4.35. The van der Waals surface area contributed by atoms with Gasteiger partial charge in [0.15, 0.2) is 17.8 Å². The second-order valence-electron chi connectivity index (χ2n) is 7.61. The first-order chi connectivity index (χ1) is 14.6. The zero-order valence-corrected chi connectivity index (χ0v) is 17.0. The molecule has 1 saturated heterocycles. The number of amides is 1. The van der Waals surface area contributed by atoms with Crippen molar-refractivity contribution >= 4 is 6.09 Å². The van der Waals surface area contributed by atoms with Crippen molar-refractivity contribution in [3.8, 4) is 11.5 Å². The van der Waals surface area contributed by atoms with Crippen LogP contribution in [0.3, 0.4) is 0 Å². The summed E-state index contributed by atoms with van der Waals surface area (Å²) in [6.07, 6.45) is 3.07. The fourth-order valence-electron chi connectivity index (χ4n) is 3.94. The van der Waals surface area contributed by atoms with Gasteiger partial charge in [0.2, 0.25) is 0 Å². The summed E-state index contributed by atoms with van der Waals surface area (Å²) in [6, 6.07) is 14.5. The molecule has 0 unspecified atom stereocenters. The van der Waals surface area contributed by atoms with E-state index in [2.05, 4.69) is 0 Å². The van der Waals surface area contributed by atoms with E-state index in [0.717, 1.165) is 41.9 Å². The van der Waals surface area contributed by atoms with Crippen molar-refractivity contribution in [1.82, 2.24) is 5.06 Å². The number of hydrogen-bond acceptors (Lipinski definition) is 6. The first kappa shape index (κ1) is 20.5. The van der Waals surface area contributed by atoms with Crippen LogP contribution in [0, 0.1) is 0 Å². The molecule has 0 aromatic heterocycles. The maximum atomic E-state index is 12.6. The Bertz CT molecular complexity index is 852. The van der Waals surface area contributed by atoms with E-state index < -0.39 is 18.4 Å². The molecule has 7 nitrogen and oxygen atoms in total. The van der Waals surface area contributed by atoms with Gasteiger partial charge >= 0.3 is 6.09 Å². The van der Waals surface area contributed by atoms with Crippen LogP contribution in [-0.2, 0) is 16.2 Å². The van der Waals surface area contributed by atoms with Gasteiger partial charge in [0, 0.05) is 6.42 Å². The number of rotatable bonds is 6. The molecule has 0 spiro atoms. The van der Waals surface area contributed by atoms with Crippen LogP contribution in [0.4, 0.5) is 4.79 Å². The minimum Gasteiger partial charge on any atom is -0.493 e. The molecule has 30 heavy (non-hydrogen) atoms. The highest BCUT2D eigenvalue weighted by atomic mass is 16.8. The zero-order valence-electron chi connectivity index (χ0n) is 17.0. The molecule has 0 radical (unpaired) electrons. The van der Waals surface area contributed by atoms with Crippen molar-refractivity contribution in [3.05, 3.63) is 59.7 Å². The van der Waals surface area contributed by atoms with Gasteiger partial charge in [-0.1, -0.05) is 36.4 Å². The van der Waals surface area contributed by atoms with Crippen LogP contribution < -0.4 is 9.47 Å². The summed E-state index contributed by atoms with van der Waals surface area (Å²) in [5.41, 5.74) is 1.66. The molecule has 1 aliphatic heterocycles. The van der Waals surface area contributed by atoms with Gasteiger partial charge in [0.05, 0.1) is 19.3 Å². The van der Waals surface area contributed by atoms with E-state index in [0.29, 0.717) is 11.5 Å². The minimum absolute atomic E-state index is 0.126. The van der Waals surface area contributed by atoms with Gasteiger partial charge in [-0.3, -0.25) is 0 Å². The van der Waals surface area contributed by atoms with E-state index in [1.807, 2.05) is 48.5 Å². The van der Waals surface area contributed by atoms with Crippen LogP contribution >= 0.6 is 0 Å². The number of aliphatic hydroxyl groups excluding tert-OH is 1. The third-order valence-corrected chi connectivity index (χ3v) is 5.50. The minimum atomic E-state index is -1.08. The van der Waals surface area contributed by atoms with Crippen molar-refractivity contribution in [2.24, 2.45) is 0 Å². The third-order valence-electron chi connectivity index (χ3n) is 5.50. The largest absolute Gasteiger partial charge is 0.493 e. The number of carbonyl (C=O) groups is 1. The molecule has 1 heterocycles. The molecule has 4 rings (SSSR count). The quantitative estimate of drug-likeness (QED) is 0.759. The highest BCUT2D eigenvalue weighted by Crippen LogP contribution is 2.39. The maximum absolute atomic E-state index is 12.6. The molecule has 1 aliphatic carbocycles. The molecule has 0 bridgehead atoms. The first-order valence-electron chi connectivity index (χ1n) is 10.3. The van der Waals surface area contributed by atoms with Gasteiger partial charge in [-0.2, -0.15) is 5.06 Å². The Morgan fingerprint density at radius 3 is 2.63 bits per heavy atom. The van der Waals surface area contributed by atoms with Crippen molar-refractivity contribution in [1.29, 1.82) is 0 Å². The molecule has 1 saturated carbocycles. The summed E-state index contributed by atoms with van der Waals surface area (Å²) in [5, 5.41) is 11.1. The second-order valence-corrected chi connectivity index (χ2v) is 7.61. The van der Waals surface area contributed by atoms with Crippen molar-refractivity contribution < 1.29 is 28.9 Å². The van der Waals surface area contributed by atoms with Crippen LogP contribution in [0.15, 0.2) is 48.5 Å². The summed E-state index contributed by atoms with van der Waals surface area (Å²) in [5.74, 6) is 1.28. The molecular weight excluding hydrogens is 386 g/mol. The Morgan fingerprint density at radius 2 is 1.90 bits per heavy atom. The molecule has 2 aliphatic rings. The van der Waals surface area contributed by atoms with Crippen LogP contribution in [0.1, 0.15) is 49.3 Å². The lowest BCUT2D eigenvalue weighted by atomic mass is 10.0. The molecule has 2 fully saturated rings. The second kappa shape index (κ2) is 9.36. The number of ether oxygens (including phenoxy) is 3. The molecule has 160 valence electrons. The Hall–Kier alpha value is -2.77. The number of carbonyl (C=O) groups excluding carboxylic acids is 1. The molecule has 1 amide bonds. The van der Waals surface area contributed by atoms with E-state index in [4.69, 9.17) is 19.0 Å². The molecule has 2 atom stereocenters. The van der Waals surface area contributed by atoms with E-state index in [1.165, 1.54) is 0 Å². The average Bonchev–Trinajstić information content (AvgIpc) is 3.42. The van der Waals surface area contributed by atoms with Gasteiger partial charge in [-0.05, 0) is 48.9 Å². The van der Waals surface area contributed by atoms with Crippen molar-refractivity contribution in [2.45, 2.75) is 57.1 Å². The first-order valence-corrected chi connectivity index (χ1v) is 10.3. The number of aliphatic hydroxyl groups is 1. The van der Waals surface area contributed by atoms with E-state index in [1.54, 1.807) is 7.11 Å². The van der Waals surface area contributed by atoms with E-state index in [9.17, 15) is 9.90 Å². The molecular formula is C23H27NO6. The summed E-state index contributed by atoms with van der Waals surface area (Å²) in [7, 11) is 1.60. The topological polar surface area (TPSA) is 77.5 Å². The molecule has 1 N–H and O–H groups in total. The zero-order chi connectivity index (χ0) is 20.9. The lowest BCUT2D eigenvalue weighted by Crippen LogP contribution is -2.30. The highest BCUT2D eigenvalue weighted by molar-refractivity contribution is 5.67. The van der Waals surface area contributed by atoms with E-state index in [-0.39, 0.29) is 19.1 Å². The molecule has 2 aromatic rings. The monoisotopic (exact) mass is 413 g/mol. The van der Waals surface area contributed by atoms with E-state index >= 15 is 0 Å². The van der Waals surface area contributed by atoms with Gasteiger partial charge in [0.25, 0.3) is 0 Å². The maximum Gasteiger partial charge on any atom is 0.434 e. The normalized spacial score (nSPS) is 21.6. The Balaban J connectivity index is 1.49. The summed E-state index contributed by atoms with van der Waals surface area (Å²) in [4.78, 5) is 18.0. The number of hydroxylamine groups is 2. The standard InChI is InChI=1S/C23H27NO6/c1-27-20-12-11-17(13-21(20)29-18-9-5-6-10-18)19-14-22(25)30-24(19)23(26)28-15-16-7-3-2-4-8-16/h2-4,7-8,11-13,18-19,22,25H,5-6,9-10,14-15H2,1H3/t19-,22-/m0/s1. The molecule has 2 aromatic carbocycles. The number of methoxy groups -OCH3 is 1. The summed E-state index contributed by atoms with van der Waals surface area (Å²) >= 11 is 0. The Morgan fingerprint density at radius 1 is 1.13 bits per heavy atom. The molecule has 7 heteroatoms. The lowest BCUT2D eigenvalue weighted by molar-refractivity contribution is -0.202. The van der Waals surface area contributed by atoms with Crippen LogP contribution in [-0.4, -0.2) is 35.8 Å². The Kier molecular flexibility index (Phi) is 6.40. The Labute approximate surface area is 176 Å². The van der Waals surface area contributed by atoms with Crippen LogP contribution in [0.25, 0.3) is 0 Å².